The summed E-state index contributed by atoms with van der Waals surface area (Å²) in [7, 11) is 0. The number of carbonyl (C=O) groups is 1. The van der Waals surface area contributed by atoms with Crippen molar-refractivity contribution in [3.05, 3.63) is 30.3 Å². The molecule has 1 fully saturated rings. The highest BCUT2D eigenvalue weighted by molar-refractivity contribution is 7.99. The lowest BCUT2D eigenvalue weighted by molar-refractivity contribution is -0.121. The Morgan fingerprint density at radius 3 is 2.67 bits per heavy atom. The molecule has 1 N–H and O–H groups in total. The SMILES string of the molecule is O=C(CCCSc1ccccc1)NC1CCCC1. The maximum absolute atomic E-state index is 11.7. The Morgan fingerprint density at radius 1 is 1.22 bits per heavy atom. The Labute approximate surface area is 114 Å². The zero-order valence-corrected chi connectivity index (χ0v) is 11.5. The van der Waals surface area contributed by atoms with E-state index in [2.05, 4.69) is 29.6 Å². The van der Waals surface area contributed by atoms with Gasteiger partial charge in [0.1, 0.15) is 0 Å². The van der Waals surface area contributed by atoms with Crippen LogP contribution in [0.25, 0.3) is 0 Å². The fourth-order valence-corrected chi connectivity index (χ4v) is 3.18. The lowest BCUT2D eigenvalue weighted by Gasteiger charge is -2.11. The molecule has 0 spiro atoms. The fraction of sp³-hybridized carbons (Fsp3) is 0.533. The third-order valence-electron chi connectivity index (χ3n) is 3.28. The van der Waals surface area contributed by atoms with Crippen LogP contribution in [0, 0.1) is 0 Å². The number of amides is 1. The molecule has 0 aliphatic heterocycles. The number of rotatable bonds is 6. The van der Waals surface area contributed by atoms with Gasteiger partial charge in [-0.3, -0.25) is 4.79 Å². The third kappa shape index (κ3) is 4.73. The van der Waals surface area contributed by atoms with Gasteiger partial charge >= 0.3 is 0 Å². The predicted molar refractivity (Wildman–Crippen MR) is 76.8 cm³/mol. The summed E-state index contributed by atoms with van der Waals surface area (Å²) in [6.45, 7) is 0. The van der Waals surface area contributed by atoms with Crippen LogP contribution < -0.4 is 5.32 Å². The summed E-state index contributed by atoms with van der Waals surface area (Å²) in [6.07, 6.45) is 6.51. The maximum Gasteiger partial charge on any atom is 0.220 e. The summed E-state index contributed by atoms with van der Waals surface area (Å²) in [4.78, 5) is 13.0. The van der Waals surface area contributed by atoms with Crippen molar-refractivity contribution in [3.8, 4) is 0 Å². The first-order valence-corrected chi connectivity index (χ1v) is 7.80. The minimum absolute atomic E-state index is 0.232. The van der Waals surface area contributed by atoms with E-state index >= 15 is 0 Å². The van der Waals surface area contributed by atoms with Gasteiger partial charge in [-0.25, -0.2) is 0 Å². The first kappa shape index (κ1) is 13.5. The van der Waals surface area contributed by atoms with E-state index in [1.807, 2.05) is 17.8 Å². The second-order valence-corrected chi connectivity index (χ2v) is 5.98. The minimum atomic E-state index is 0.232. The van der Waals surface area contributed by atoms with Crippen molar-refractivity contribution in [1.29, 1.82) is 0 Å². The molecule has 98 valence electrons. The van der Waals surface area contributed by atoms with Crippen molar-refractivity contribution in [2.45, 2.75) is 49.5 Å². The Bertz CT molecular complexity index is 360. The van der Waals surface area contributed by atoms with Gasteiger partial charge in [-0.15, -0.1) is 11.8 Å². The van der Waals surface area contributed by atoms with Crippen LogP contribution in [0.5, 0.6) is 0 Å². The summed E-state index contributed by atoms with van der Waals surface area (Å²) in [5.41, 5.74) is 0. The van der Waals surface area contributed by atoms with Gasteiger partial charge in [0.2, 0.25) is 5.91 Å². The minimum Gasteiger partial charge on any atom is -0.353 e. The van der Waals surface area contributed by atoms with E-state index < -0.39 is 0 Å². The highest BCUT2D eigenvalue weighted by Gasteiger charge is 2.16. The van der Waals surface area contributed by atoms with E-state index in [0.717, 1.165) is 12.2 Å². The predicted octanol–water partition coefficient (Wildman–Crippen LogP) is 3.62. The van der Waals surface area contributed by atoms with Crippen LogP contribution in [0.4, 0.5) is 0 Å². The Morgan fingerprint density at radius 2 is 1.94 bits per heavy atom. The van der Waals surface area contributed by atoms with Gasteiger partial charge in [0.15, 0.2) is 0 Å². The summed E-state index contributed by atoms with van der Waals surface area (Å²) >= 11 is 1.83. The smallest absolute Gasteiger partial charge is 0.220 e. The largest absolute Gasteiger partial charge is 0.353 e. The number of hydrogen-bond donors (Lipinski definition) is 1. The molecule has 1 aliphatic carbocycles. The van der Waals surface area contributed by atoms with E-state index in [-0.39, 0.29) is 5.91 Å². The van der Waals surface area contributed by atoms with Crippen LogP contribution >= 0.6 is 11.8 Å². The quantitative estimate of drug-likeness (QED) is 0.627. The number of hydrogen-bond acceptors (Lipinski definition) is 2. The van der Waals surface area contributed by atoms with E-state index in [0.29, 0.717) is 12.5 Å². The van der Waals surface area contributed by atoms with Crippen LogP contribution in [-0.4, -0.2) is 17.7 Å². The molecule has 0 aromatic heterocycles. The van der Waals surface area contributed by atoms with Crippen LogP contribution in [0.1, 0.15) is 38.5 Å². The van der Waals surface area contributed by atoms with Gasteiger partial charge in [-0.1, -0.05) is 31.0 Å². The average molecular weight is 263 g/mol. The molecule has 3 heteroatoms. The molecule has 1 aromatic carbocycles. The molecular formula is C15H21NOS. The summed E-state index contributed by atoms with van der Waals surface area (Å²) in [5, 5.41) is 3.13. The lowest BCUT2D eigenvalue weighted by Crippen LogP contribution is -2.32. The molecule has 18 heavy (non-hydrogen) atoms. The molecule has 0 saturated heterocycles. The van der Waals surface area contributed by atoms with Gasteiger partial charge in [-0.2, -0.15) is 0 Å². The number of thioether (sulfide) groups is 1. The molecule has 0 heterocycles. The second kappa shape index (κ2) is 7.47. The first-order valence-electron chi connectivity index (χ1n) is 6.82. The van der Waals surface area contributed by atoms with Crippen molar-refractivity contribution in [2.24, 2.45) is 0 Å². The van der Waals surface area contributed by atoms with Gasteiger partial charge in [0, 0.05) is 17.4 Å². The monoisotopic (exact) mass is 263 g/mol. The normalized spacial score (nSPS) is 15.8. The molecule has 1 amide bonds. The molecule has 1 saturated carbocycles. The second-order valence-electron chi connectivity index (χ2n) is 4.81. The topological polar surface area (TPSA) is 29.1 Å². The van der Waals surface area contributed by atoms with Gasteiger partial charge < -0.3 is 5.32 Å². The van der Waals surface area contributed by atoms with Gasteiger partial charge in [0.05, 0.1) is 0 Å². The van der Waals surface area contributed by atoms with Gasteiger partial charge in [-0.05, 0) is 37.1 Å². The molecule has 0 radical (unpaired) electrons. The molecule has 1 aliphatic rings. The molecule has 2 rings (SSSR count). The molecule has 0 unspecified atom stereocenters. The number of nitrogens with one attached hydrogen (secondary N) is 1. The maximum atomic E-state index is 11.7. The summed E-state index contributed by atoms with van der Waals surface area (Å²) in [5.74, 6) is 1.25. The molecular weight excluding hydrogens is 242 g/mol. The van der Waals surface area contributed by atoms with Gasteiger partial charge in [0.25, 0.3) is 0 Å². The lowest BCUT2D eigenvalue weighted by atomic mass is 10.2. The van der Waals surface area contributed by atoms with Crippen molar-refractivity contribution in [3.63, 3.8) is 0 Å². The highest BCUT2D eigenvalue weighted by Crippen LogP contribution is 2.19. The van der Waals surface area contributed by atoms with E-state index in [9.17, 15) is 4.79 Å². The van der Waals surface area contributed by atoms with Crippen LogP contribution in [0.15, 0.2) is 35.2 Å². The Hall–Kier alpha value is -0.960. The van der Waals surface area contributed by atoms with Crippen molar-refractivity contribution < 1.29 is 4.79 Å². The Kier molecular flexibility index (Phi) is 5.59. The van der Waals surface area contributed by atoms with Crippen molar-refractivity contribution >= 4 is 17.7 Å². The first-order chi connectivity index (χ1) is 8.84. The third-order valence-corrected chi connectivity index (χ3v) is 4.38. The van der Waals surface area contributed by atoms with E-state index in [4.69, 9.17) is 0 Å². The summed E-state index contributed by atoms with van der Waals surface area (Å²) < 4.78 is 0. The van der Waals surface area contributed by atoms with Crippen LogP contribution in [0.3, 0.4) is 0 Å². The molecule has 1 aromatic rings. The average Bonchev–Trinajstić information content (AvgIpc) is 2.89. The van der Waals surface area contributed by atoms with Crippen LogP contribution in [0.2, 0.25) is 0 Å². The zero-order valence-electron chi connectivity index (χ0n) is 10.7. The number of carbonyl (C=O) groups excluding carboxylic acids is 1. The molecule has 2 nitrogen and oxygen atoms in total. The van der Waals surface area contributed by atoms with Crippen LogP contribution in [-0.2, 0) is 4.79 Å². The zero-order chi connectivity index (χ0) is 12.6. The molecule has 0 atom stereocenters. The summed E-state index contributed by atoms with van der Waals surface area (Å²) in [6, 6.07) is 10.8. The highest BCUT2D eigenvalue weighted by atomic mass is 32.2. The standard InChI is InChI=1S/C15H21NOS/c17-15(16-13-7-4-5-8-13)11-6-12-18-14-9-2-1-3-10-14/h1-3,9-10,13H,4-8,11-12H2,(H,16,17). The van der Waals surface area contributed by atoms with E-state index in [1.54, 1.807) is 0 Å². The number of benzene rings is 1. The van der Waals surface area contributed by atoms with Crippen molar-refractivity contribution in [2.75, 3.05) is 5.75 Å². The molecule has 0 bridgehead atoms. The Balaban J connectivity index is 1.56. The fourth-order valence-electron chi connectivity index (χ4n) is 2.31. The van der Waals surface area contributed by atoms with E-state index in [1.165, 1.54) is 30.6 Å². The van der Waals surface area contributed by atoms with Crippen molar-refractivity contribution in [1.82, 2.24) is 5.32 Å².